The third-order valence-electron chi connectivity index (χ3n) is 4.42. The third kappa shape index (κ3) is 4.43. The van der Waals surface area contributed by atoms with Crippen molar-refractivity contribution in [2.24, 2.45) is 5.92 Å². The lowest BCUT2D eigenvalue weighted by Crippen LogP contribution is -2.43. The van der Waals surface area contributed by atoms with Gasteiger partial charge in [0.15, 0.2) is 0 Å². The minimum absolute atomic E-state index is 0.00263. The number of nitrogens with one attached hydrogen (secondary N) is 1. The van der Waals surface area contributed by atoms with E-state index >= 15 is 0 Å². The zero-order chi connectivity index (χ0) is 19.6. The Morgan fingerprint density at radius 3 is 2.56 bits per heavy atom. The largest absolute Gasteiger partial charge is 0.324 e. The van der Waals surface area contributed by atoms with Crippen LogP contribution >= 0.6 is 23.2 Å². The molecule has 1 heterocycles. The quantitative estimate of drug-likeness (QED) is 0.790. The monoisotopic (exact) mass is 430 g/mol. The van der Waals surface area contributed by atoms with Gasteiger partial charge in [-0.15, -0.1) is 0 Å². The second-order valence-corrected chi connectivity index (χ2v) is 8.97. The van der Waals surface area contributed by atoms with Crippen molar-refractivity contribution in [2.45, 2.75) is 17.7 Å². The SMILES string of the molecule is O=C(Nc1cccc(Cl)c1Cl)[C@H]1CCCN(S(=O)(=O)c2ccc(F)cc2)C1. The standard InChI is InChI=1S/C18H17Cl2FN2O3S/c19-15-4-1-5-16(17(15)20)22-18(24)12-3-2-10-23(11-12)27(25,26)14-8-6-13(21)7-9-14/h1,4-9,12H,2-3,10-11H2,(H,22,24)/t12-/m0/s1. The molecule has 0 saturated carbocycles. The first-order valence-electron chi connectivity index (χ1n) is 8.29. The van der Waals surface area contributed by atoms with E-state index in [1.165, 1.54) is 16.4 Å². The Morgan fingerprint density at radius 2 is 1.85 bits per heavy atom. The molecule has 0 aromatic heterocycles. The molecule has 9 heteroatoms. The van der Waals surface area contributed by atoms with Crippen LogP contribution in [0.1, 0.15) is 12.8 Å². The molecule has 2 aromatic carbocycles. The van der Waals surface area contributed by atoms with Gasteiger partial charge in [-0.2, -0.15) is 4.31 Å². The molecule has 5 nitrogen and oxygen atoms in total. The molecule has 1 N–H and O–H groups in total. The van der Waals surface area contributed by atoms with Gasteiger partial charge in [-0.05, 0) is 49.2 Å². The topological polar surface area (TPSA) is 66.5 Å². The van der Waals surface area contributed by atoms with Crippen LogP contribution in [0.5, 0.6) is 0 Å². The molecule has 0 spiro atoms. The summed E-state index contributed by atoms with van der Waals surface area (Å²) in [7, 11) is -3.79. The van der Waals surface area contributed by atoms with Crippen molar-refractivity contribution in [3.8, 4) is 0 Å². The van der Waals surface area contributed by atoms with Gasteiger partial charge in [0, 0.05) is 13.1 Å². The summed E-state index contributed by atoms with van der Waals surface area (Å²) in [5, 5.41) is 3.27. The Labute approximate surface area is 167 Å². The van der Waals surface area contributed by atoms with E-state index in [-0.39, 0.29) is 22.4 Å². The molecule has 1 aliphatic heterocycles. The molecule has 1 fully saturated rings. The summed E-state index contributed by atoms with van der Waals surface area (Å²) in [5.74, 6) is -1.36. The number of amides is 1. The summed E-state index contributed by atoms with van der Waals surface area (Å²) in [6.45, 7) is 0.352. The van der Waals surface area contributed by atoms with E-state index in [1.807, 2.05) is 0 Å². The lowest BCUT2D eigenvalue weighted by Gasteiger charge is -2.31. The molecular formula is C18H17Cl2FN2O3S. The van der Waals surface area contributed by atoms with E-state index < -0.39 is 21.8 Å². The fraction of sp³-hybridized carbons (Fsp3) is 0.278. The molecule has 1 amide bonds. The summed E-state index contributed by atoms with van der Waals surface area (Å²) >= 11 is 12.0. The van der Waals surface area contributed by atoms with Crippen LogP contribution in [0.15, 0.2) is 47.4 Å². The number of carbonyl (C=O) groups is 1. The second-order valence-electron chi connectivity index (χ2n) is 6.25. The highest BCUT2D eigenvalue weighted by Gasteiger charge is 2.33. The zero-order valence-corrected chi connectivity index (χ0v) is 16.5. The van der Waals surface area contributed by atoms with Gasteiger partial charge in [0.05, 0.1) is 26.5 Å². The van der Waals surface area contributed by atoms with Crippen LogP contribution in [-0.2, 0) is 14.8 Å². The number of hydrogen-bond donors (Lipinski definition) is 1. The summed E-state index contributed by atoms with van der Waals surface area (Å²) < 4.78 is 39.8. The van der Waals surface area contributed by atoms with Gasteiger partial charge in [-0.1, -0.05) is 29.3 Å². The highest BCUT2D eigenvalue weighted by atomic mass is 35.5. The molecule has 1 atom stereocenters. The summed E-state index contributed by atoms with van der Waals surface area (Å²) in [5.41, 5.74) is 0.382. The van der Waals surface area contributed by atoms with Crippen LogP contribution in [0.2, 0.25) is 10.0 Å². The zero-order valence-electron chi connectivity index (χ0n) is 14.2. The predicted molar refractivity (Wildman–Crippen MR) is 103 cm³/mol. The summed E-state index contributed by atoms with van der Waals surface area (Å²) in [6, 6.07) is 9.54. The van der Waals surface area contributed by atoms with Crippen molar-refractivity contribution >= 4 is 44.8 Å². The van der Waals surface area contributed by atoms with E-state index in [0.717, 1.165) is 12.1 Å². The number of halogens is 3. The van der Waals surface area contributed by atoms with Gasteiger partial charge in [0.25, 0.3) is 0 Å². The summed E-state index contributed by atoms with van der Waals surface area (Å²) in [6.07, 6.45) is 1.10. The van der Waals surface area contributed by atoms with Gasteiger partial charge in [0.1, 0.15) is 5.82 Å². The van der Waals surface area contributed by atoms with Gasteiger partial charge in [-0.3, -0.25) is 4.79 Å². The van der Waals surface area contributed by atoms with Crippen LogP contribution in [0.4, 0.5) is 10.1 Å². The molecule has 3 rings (SSSR count). The van der Waals surface area contributed by atoms with Crippen LogP contribution in [0.25, 0.3) is 0 Å². The Bertz CT molecular complexity index is 952. The van der Waals surface area contributed by atoms with Crippen molar-refractivity contribution in [1.29, 1.82) is 0 Å². The molecule has 0 bridgehead atoms. The van der Waals surface area contributed by atoms with Crippen molar-refractivity contribution in [3.05, 3.63) is 58.3 Å². The maximum Gasteiger partial charge on any atom is 0.243 e. The molecule has 1 aliphatic rings. The highest BCUT2D eigenvalue weighted by Crippen LogP contribution is 2.31. The van der Waals surface area contributed by atoms with E-state index in [4.69, 9.17) is 23.2 Å². The number of hydrogen-bond acceptors (Lipinski definition) is 3. The van der Waals surface area contributed by atoms with Crippen LogP contribution in [0, 0.1) is 11.7 Å². The molecule has 144 valence electrons. The van der Waals surface area contributed by atoms with Gasteiger partial charge >= 0.3 is 0 Å². The van der Waals surface area contributed by atoms with Gasteiger partial charge in [0.2, 0.25) is 15.9 Å². The molecule has 0 aliphatic carbocycles. The lowest BCUT2D eigenvalue weighted by atomic mass is 9.99. The number of piperidine rings is 1. The number of nitrogens with zero attached hydrogens (tertiary/aromatic N) is 1. The molecule has 0 unspecified atom stereocenters. The number of sulfonamides is 1. The minimum atomic E-state index is -3.79. The number of anilines is 1. The van der Waals surface area contributed by atoms with Crippen LogP contribution < -0.4 is 5.32 Å². The van der Waals surface area contributed by atoms with E-state index in [0.29, 0.717) is 30.1 Å². The Kier molecular flexibility index (Phi) is 6.05. The fourth-order valence-corrected chi connectivity index (χ4v) is 4.84. The first-order chi connectivity index (χ1) is 12.8. The average molecular weight is 431 g/mol. The van der Waals surface area contributed by atoms with Crippen molar-refractivity contribution in [1.82, 2.24) is 4.31 Å². The van der Waals surface area contributed by atoms with Gasteiger partial charge < -0.3 is 5.32 Å². The molecule has 1 saturated heterocycles. The Balaban J connectivity index is 1.74. The van der Waals surface area contributed by atoms with Crippen molar-refractivity contribution in [3.63, 3.8) is 0 Å². The molecular weight excluding hydrogens is 414 g/mol. The second kappa shape index (κ2) is 8.14. The lowest BCUT2D eigenvalue weighted by molar-refractivity contribution is -0.120. The fourth-order valence-electron chi connectivity index (χ4n) is 2.97. The van der Waals surface area contributed by atoms with Gasteiger partial charge in [-0.25, -0.2) is 12.8 Å². The maximum absolute atomic E-state index is 13.1. The van der Waals surface area contributed by atoms with Crippen molar-refractivity contribution in [2.75, 3.05) is 18.4 Å². The maximum atomic E-state index is 13.1. The number of rotatable bonds is 4. The average Bonchev–Trinajstić information content (AvgIpc) is 2.66. The minimum Gasteiger partial charge on any atom is -0.324 e. The Hall–Kier alpha value is -1.67. The van der Waals surface area contributed by atoms with E-state index in [2.05, 4.69) is 5.32 Å². The normalized spacial score (nSPS) is 18.3. The third-order valence-corrected chi connectivity index (χ3v) is 7.11. The number of carbonyl (C=O) groups excluding carboxylic acids is 1. The predicted octanol–water partition coefficient (Wildman–Crippen LogP) is 4.17. The molecule has 0 radical (unpaired) electrons. The first-order valence-corrected chi connectivity index (χ1v) is 10.5. The highest BCUT2D eigenvalue weighted by molar-refractivity contribution is 7.89. The van der Waals surface area contributed by atoms with E-state index in [1.54, 1.807) is 18.2 Å². The van der Waals surface area contributed by atoms with E-state index in [9.17, 15) is 17.6 Å². The van der Waals surface area contributed by atoms with Crippen LogP contribution in [0.3, 0.4) is 0 Å². The molecule has 2 aromatic rings. The Morgan fingerprint density at radius 1 is 1.15 bits per heavy atom. The summed E-state index contributed by atoms with van der Waals surface area (Å²) in [4.78, 5) is 12.6. The van der Waals surface area contributed by atoms with Crippen LogP contribution in [-0.4, -0.2) is 31.7 Å². The molecule has 27 heavy (non-hydrogen) atoms. The van der Waals surface area contributed by atoms with Crippen molar-refractivity contribution < 1.29 is 17.6 Å². The first kappa shape index (κ1) is 20.1. The smallest absolute Gasteiger partial charge is 0.243 e. The number of benzene rings is 2.